The fourth-order valence-electron chi connectivity index (χ4n) is 3.28. The minimum absolute atomic E-state index is 0.299. The molecule has 12 heteroatoms. The normalized spacial score (nSPS) is 29.5. The first-order chi connectivity index (χ1) is 13.2. The van der Waals surface area contributed by atoms with Crippen molar-refractivity contribution >= 4 is 46.8 Å². The summed E-state index contributed by atoms with van der Waals surface area (Å²) in [5.41, 5.74) is 9.85. The van der Waals surface area contributed by atoms with Gasteiger partial charge >= 0.3 is 6.09 Å². The third-order valence-electron chi connectivity index (χ3n) is 4.49. The molecule has 3 rings (SSSR count). The van der Waals surface area contributed by atoms with Gasteiger partial charge in [-0.3, -0.25) is 10.3 Å². The van der Waals surface area contributed by atoms with Gasteiger partial charge in [0.1, 0.15) is 12.1 Å². The highest BCUT2D eigenvalue weighted by Gasteiger charge is 2.56. The van der Waals surface area contributed by atoms with Crippen molar-refractivity contribution in [3.8, 4) is 0 Å². The first kappa shape index (κ1) is 20.8. The highest BCUT2D eigenvalue weighted by atomic mass is 35.6. The van der Waals surface area contributed by atoms with Crippen LogP contribution in [0.15, 0.2) is 35.4 Å². The first-order valence-electron chi connectivity index (χ1n) is 8.25. The van der Waals surface area contributed by atoms with E-state index in [0.717, 1.165) is 5.56 Å². The van der Waals surface area contributed by atoms with E-state index in [1.165, 1.54) is 4.90 Å². The van der Waals surface area contributed by atoms with Gasteiger partial charge in [0.05, 0.1) is 12.1 Å². The van der Waals surface area contributed by atoms with Crippen molar-refractivity contribution in [3.05, 3.63) is 46.3 Å². The molecule has 0 spiro atoms. The number of hydrogen-bond acceptors (Lipinski definition) is 6. The predicted octanol–water partition coefficient (Wildman–Crippen LogP) is 4.16. The van der Waals surface area contributed by atoms with E-state index in [-0.39, 0.29) is 0 Å². The molecule has 1 N–H and O–H groups in total. The molecule has 1 aromatic rings. The lowest BCUT2D eigenvalue weighted by molar-refractivity contribution is -0.196. The van der Waals surface area contributed by atoms with Crippen LogP contribution in [0.4, 0.5) is 4.79 Å². The van der Waals surface area contributed by atoms with Crippen LogP contribution in [0.5, 0.6) is 0 Å². The number of rotatable bonds is 4. The molecule has 1 aromatic carbocycles. The van der Waals surface area contributed by atoms with Crippen molar-refractivity contribution in [2.45, 2.75) is 47.8 Å². The second-order valence-electron chi connectivity index (χ2n) is 6.30. The molecular formula is C16H16Cl3N5O4. The van der Waals surface area contributed by atoms with E-state index in [1.807, 2.05) is 30.3 Å². The van der Waals surface area contributed by atoms with E-state index < -0.39 is 46.4 Å². The zero-order valence-electron chi connectivity index (χ0n) is 14.5. The van der Waals surface area contributed by atoms with Crippen LogP contribution in [-0.2, 0) is 20.8 Å². The van der Waals surface area contributed by atoms with Crippen molar-refractivity contribution in [3.63, 3.8) is 0 Å². The van der Waals surface area contributed by atoms with Crippen molar-refractivity contribution < 1.29 is 19.0 Å². The highest BCUT2D eigenvalue weighted by Crippen LogP contribution is 2.37. The second-order valence-corrected chi connectivity index (χ2v) is 8.58. The van der Waals surface area contributed by atoms with Gasteiger partial charge in [-0.2, -0.15) is 0 Å². The summed E-state index contributed by atoms with van der Waals surface area (Å²) in [7, 11) is 0. The Morgan fingerprint density at radius 2 is 2.07 bits per heavy atom. The number of carbonyl (C=O) groups excluding carboxylic acids is 1. The number of halogens is 3. The third kappa shape index (κ3) is 4.24. The van der Waals surface area contributed by atoms with Gasteiger partial charge in [0, 0.05) is 11.5 Å². The Kier molecular flexibility index (Phi) is 6.12. The van der Waals surface area contributed by atoms with Crippen LogP contribution in [0, 0.1) is 5.41 Å². The van der Waals surface area contributed by atoms with Crippen LogP contribution in [0.2, 0.25) is 0 Å². The van der Waals surface area contributed by atoms with Crippen molar-refractivity contribution in [2.75, 3.05) is 0 Å². The predicted molar refractivity (Wildman–Crippen MR) is 102 cm³/mol. The zero-order chi connectivity index (χ0) is 20.5. The van der Waals surface area contributed by atoms with Crippen LogP contribution >= 0.6 is 34.8 Å². The number of ether oxygens (including phenoxy) is 3. The van der Waals surface area contributed by atoms with Gasteiger partial charge in [-0.15, -0.1) is 0 Å². The van der Waals surface area contributed by atoms with Crippen molar-refractivity contribution in [1.29, 1.82) is 5.41 Å². The summed E-state index contributed by atoms with van der Waals surface area (Å²) in [6.45, 7) is 2.02. The third-order valence-corrected chi connectivity index (χ3v) is 5.00. The molecule has 0 radical (unpaired) electrons. The maximum Gasteiger partial charge on any atom is 0.410 e. The number of carbonyl (C=O) groups is 1. The monoisotopic (exact) mass is 447 g/mol. The molecule has 1 amide bonds. The Balaban J connectivity index is 1.84. The van der Waals surface area contributed by atoms with Gasteiger partial charge in [-0.25, -0.2) is 4.79 Å². The number of amides is 1. The molecule has 2 fully saturated rings. The quantitative estimate of drug-likeness (QED) is 0.185. The fourth-order valence-corrected chi connectivity index (χ4v) is 3.42. The van der Waals surface area contributed by atoms with E-state index in [4.69, 9.17) is 60.0 Å². The molecule has 2 heterocycles. The molecule has 2 aliphatic heterocycles. The number of benzene rings is 1. The van der Waals surface area contributed by atoms with E-state index in [0.29, 0.717) is 6.54 Å². The Labute approximate surface area is 175 Å². The smallest absolute Gasteiger partial charge is 0.410 e. The molecule has 0 bridgehead atoms. The number of fused-ring (bicyclic) bond motifs is 1. The van der Waals surface area contributed by atoms with E-state index in [9.17, 15) is 4.79 Å². The number of alkyl halides is 3. The van der Waals surface area contributed by atoms with E-state index in [1.54, 1.807) is 6.92 Å². The van der Waals surface area contributed by atoms with Crippen LogP contribution < -0.4 is 0 Å². The molecule has 28 heavy (non-hydrogen) atoms. The Hall–Kier alpha value is -1.90. The van der Waals surface area contributed by atoms with Crippen LogP contribution in [0.25, 0.3) is 10.4 Å². The standard InChI is InChI=1S/C16H16Cl3N5O4/c1-8-11-12(27-15(25)24(11)7-9-5-3-2-4-6-9)10(22-23-21)13(26-8)28-14(20)16(17,18)19/h2-6,8,10-13,20H,7H2,1H3/t8-,10-,11+,12-,13?/m1/s1. The summed E-state index contributed by atoms with van der Waals surface area (Å²) in [5, 5.41) is 11.4. The highest BCUT2D eigenvalue weighted by molar-refractivity contribution is 6.76. The number of hydrogen-bond donors (Lipinski definition) is 1. The number of nitrogens with one attached hydrogen (secondary N) is 1. The Morgan fingerprint density at radius 3 is 2.68 bits per heavy atom. The molecule has 2 saturated heterocycles. The summed E-state index contributed by atoms with van der Waals surface area (Å²) in [4.78, 5) is 16.8. The summed E-state index contributed by atoms with van der Waals surface area (Å²) in [6, 6.07) is 7.78. The van der Waals surface area contributed by atoms with Crippen LogP contribution in [-0.4, -0.2) is 51.3 Å². The van der Waals surface area contributed by atoms with Crippen molar-refractivity contribution in [2.24, 2.45) is 5.11 Å². The summed E-state index contributed by atoms with van der Waals surface area (Å²) in [5.74, 6) is -0.697. The van der Waals surface area contributed by atoms with Crippen molar-refractivity contribution in [1.82, 2.24) is 4.90 Å². The molecule has 1 unspecified atom stereocenters. The van der Waals surface area contributed by atoms with E-state index >= 15 is 0 Å². The Morgan fingerprint density at radius 1 is 1.39 bits per heavy atom. The fraction of sp³-hybridized carbons (Fsp3) is 0.500. The molecule has 0 aromatic heterocycles. The van der Waals surface area contributed by atoms with Gasteiger partial charge in [0.15, 0.2) is 0 Å². The van der Waals surface area contributed by atoms with Gasteiger partial charge in [-0.05, 0) is 18.0 Å². The lowest BCUT2D eigenvalue weighted by Gasteiger charge is -2.41. The lowest BCUT2D eigenvalue weighted by Crippen LogP contribution is -2.59. The molecule has 0 aliphatic carbocycles. The lowest BCUT2D eigenvalue weighted by atomic mass is 9.95. The number of nitrogens with zero attached hydrogens (tertiary/aromatic N) is 4. The Bertz CT molecular complexity index is 799. The zero-order valence-corrected chi connectivity index (χ0v) is 16.8. The summed E-state index contributed by atoms with van der Waals surface area (Å²) < 4.78 is 14.4. The van der Waals surface area contributed by atoms with Gasteiger partial charge in [-0.1, -0.05) is 70.2 Å². The van der Waals surface area contributed by atoms with E-state index in [2.05, 4.69) is 10.0 Å². The number of azide groups is 1. The first-order valence-corrected chi connectivity index (χ1v) is 9.39. The molecular weight excluding hydrogens is 433 g/mol. The second kappa shape index (κ2) is 8.23. The summed E-state index contributed by atoms with van der Waals surface area (Å²) in [6.07, 6.45) is -3.22. The maximum absolute atomic E-state index is 12.5. The molecule has 5 atom stereocenters. The van der Waals surface area contributed by atoms with Crippen LogP contribution in [0.1, 0.15) is 12.5 Å². The summed E-state index contributed by atoms with van der Waals surface area (Å²) >= 11 is 16.9. The molecule has 150 valence electrons. The SMILES string of the molecule is C[C@H]1OC(OC(=N)C(Cl)(Cl)Cl)[C@H](N=[N+]=[N-])[C@H]2OC(=O)N(Cc3ccccc3)[C@H]21. The average molecular weight is 449 g/mol. The largest absolute Gasteiger partial charge is 0.447 e. The van der Waals surface area contributed by atoms with Gasteiger partial charge in [0.2, 0.25) is 12.2 Å². The molecule has 0 saturated carbocycles. The minimum Gasteiger partial charge on any atom is -0.447 e. The minimum atomic E-state index is -2.12. The topological polar surface area (TPSA) is 121 Å². The van der Waals surface area contributed by atoms with Crippen LogP contribution in [0.3, 0.4) is 0 Å². The molecule has 9 nitrogen and oxygen atoms in total. The maximum atomic E-state index is 12.5. The average Bonchev–Trinajstić information content (AvgIpc) is 2.95. The molecule has 2 aliphatic rings. The van der Waals surface area contributed by atoms with Gasteiger partial charge in [0.25, 0.3) is 3.79 Å². The van der Waals surface area contributed by atoms with Gasteiger partial charge < -0.3 is 14.2 Å².